The number of pyridine rings is 1. The Morgan fingerprint density at radius 1 is 1.53 bits per heavy atom. The minimum atomic E-state index is -4.83. The molecule has 1 aromatic heterocycles. The molecule has 8 heteroatoms. The van der Waals surface area contributed by atoms with Gasteiger partial charge >= 0.3 is 6.36 Å². The van der Waals surface area contributed by atoms with E-state index >= 15 is 0 Å². The monoisotopic (exact) mass is 334 g/mol. The van der Waals surface area contributed by atoms with E-state index in [-0.39, 0.29) is 21.7 Å². The van der Waals surface area contributed by atoms with Gasteiger partial charge in [0.05, 0.1) is 5.69 Å². The maximum absolute atomic E-state index is 11.9. The van der Waals surface area contributed by atoms with Crippen LogP contribution in [0.4, 0.5) is 13.2 Å². The third-order valence-electron chi connectivity index (χ3n) is 1.42. The Kier molecular flexibility index (Phi) is 3.60. The highest BCUT2D eigenvalue weighted by Gasteiger charge is 2.32. The van der Waals surface area contributed by atoms with Crippen LogP contribution < -0.4 is 10.5 Å². The van der Waals surface area contributed by atoms with Crippen molar-refractivity contribution in [3.05, 3.63) is 15.5 Å². The Labute approximate surface area is 96.4 Å². The van der Waals surface area contributed by atoms with E-state index in [0.717, 1.165) is 6.07 Å². The van der Waals surface area contributed by atoms with Crippen LogP contribution in [0.2, 0.25) is 0 Å². The van der Waals surface area contributed by atoms with Crippen molar-refractivity contribution in [2.75, 3.05) is 0 Å². The summed E-state index contributed by atoms with van der Waals surface area (Å²) in [5.74, 6) is -0.963. The highest BCUT2D eigenvalue weighted by atomic mass is 127. The summed E-state index contributed by atoms with van der Waals surface area (Å²) in [6, 6.07) is 0.838. The van der Waals surface area contributed by atoms with Gasteiger partial charge in [0.2, 0.25) is 0 Å². The molecule has 0 aliphatic heterocycles. The average Bonchev–Trinajstić information content (AvgIpc) is 2.08. The van der Waals surface area contributed by atoms with Crippen molar-refractivity contribution in [3.63, 3.8) is 0 Å². The molecule has 0 aromatic carbocycles. The SMILES string of the molecule is NCc1nc(I)c(O)cc1OC(F)(F)F. The summed E-state index contributed by atoms with van der Waals surface area (Å²) < 4.78 is 39.6. The molecule has 4 nitrogen and oxygen atoms in total. The number of nitrogens with two attached hydrogens (primary N) is 1. The standard InChI is InChI=1S/C7H6F3IN2O2/c8-7(9,10)15-5-1-4(14)6(11)13-3(5)2-12/h1,14H,2,12H2. The van der Waals surface area contributed by atoms with E-state index in [0.29, 0.717) is 0 Å². The van der Waals surface area contributed by atoms with Crippen molar-refractivity contribution in [3.8, 4) is 11.5 Å². The van der Waals surface area contributed by atoms with Gasteiger partial charge in [0.15, 0.2) is 11.5 Å². The van der Waals surface area contributed by atoms with Gasteiger partial charge in [0, 0.05) is 12.6 Å². The van der Waals surface area contributed by atoms with E-state index in [2.05, 4.69) is 9.72 Å². The second-order valence-corrected chi connectivity index (χ2v) is 3.52. The van der Waals surface area contributed by atoms with Gasteiger partial charge in [-0.15, -0.1) is 13.2 Å². The zero-order valence-electron chi connectivity index (χ0n) is 7.18. The molecule has 0 fully saturated rings. The predicted octanol–water partition coefficient (Wildman–Crippen LogP) is 1.75. The Morgan fingerprint density at radius 2 is 2.13 bits per heavy atom. The molecule has 0 aliphatic rings. The number of halogens is 4. The number of alkyl halides is 3. The predicted molar refractivity (Wildman–Crippen MR) is 53.2 cm³/mol. The molecule has 0 spiro atoms. The van der Waals surface area contributed by atoms with E-state index in [1.165, 1.54) is 0 Å². The number of aromatic hydroxyl groups is 1. The van der Waals surface area contributed by atoms with Crippen LogP contribution in [0.3, 0.4) is 0 Å². The maximum Gasteiger partial charge on any atom is 0.573 e. The molecule has 0 unspecified atom stereocenters. The molecule has 0 bridgehead atoms. The Bertz CT molecular complexity index is 370. The molecule has 1 aromatic rings. The second kappa shape index (κ2) is 4.39. The van der Waals surface area contributed by atoms with Crippen LogP contribution >= 0.6 is 22.6 Å². The van der Waals surface area contributed by atoms with Crippen molar-refractivity contribution in [1.82, 2.24) is 4.98 Å². The molecule has 84 valence electrons. The van der Waals surface area contributed by atoms with Crippen LogP contribution in [-0.2, 0) is 6.54 Å². The fourth-order valence-corrected chi connectivity index (χ4v) is 1.30. The third-order valence-corrected chi connectivity index (χ3v) is 2.21. The summed E-state index contributed by atoms with van der Waals surface area (Å²) >= 11 is 1.67. The number of hydrogen-bond acceptors (Lipinski definition) is 4. The summed E-state index contributed by atoms with van der Waals surface area (Å²) in [4.78, 5) is 3.66. The van der Waals surface area contributed by atoms with E-state index in [9.17, 15) is 13.2 Å². The first-order valence-electron chi connectivity index (χ1n) is 3.67. The lowest BCUT2D eigenvalue weighted by Gasteiger charge is -2.12. The molecule has 3 N–H and O–H groups in total. The van der Waals surface area contributed by atoms with E-state index in [1.807, 2.05) is 0 Å². The van der Waals surface area contributed by atoms with Crippen LogP contribution in [-0.4, -0.2) is 16.5 Å². The Balaban J connectivity index is 3.11. The molecule has 0 aliphatic carbocycles. The Morgan fingerprint density at radius 3 is 2.60 bits per heavy atom. The first kappa shape index (κ1) is 12.3. The highest BCUT2D eigenvalue weighted by molar-refractivity contribution is 14.1. The summed E-state index contributed by atoms with van der Waals surface area (Å²) in [5, 5.41) is 9.16. The molecule has 15 heavy (non-hydrogen) atoms. The highest BCUT2D eigenvalue weighted by Crippen LogP contribution is 2.30. The van der Waals surface area contributed by atoms with Gasteiger partial charge in [-0.25, -0.2) is 4.98 Å². The van der Waals surface area contributed by atoms with Gasteiger partial charge < -0.3 is 15.6 Å². The topological polar surface area (TPSA) is 68.4 Å². The Hall–Kier alpha value is -0.770. The molecule has 0 atom stereocenters. The van der Waals surface area contributed by atoms with Gasteiger partial charge in [-0.3, -0.25) is 0 Å². The van der Waals surface area contributed by atoms with Gasteiger partial charge in [-0.1, -0.05) is 0 Å². The van der Waals surface area contributed by atoms with E-state index in [4.69, 9.17) is 10.8 Å². The normalized spacial score (nSPS) is 11.5. The molecular formula is C7H6F3IN2O2. The van der Waals surface area contributed by atoms with Gasteiger partial charge in [0.25, 0.3) is 0 Å². The van der Waals surface area contributed by atoms with Gasteiger partial charge in [0.1, 0.15) is 3.70 Å². The summed E-state index contributed by atoms with van der Waals surface area (Å²) in [6.45, 7) is -0.207. The molecule has 0 radical (unpaired) electrons. The summed E-state index contributed by atoms with van der Waals surface area (Å²) in [6.07, 6.45) is -4.83. The van der Waals surface area contributed by atoms with Crippen molar-refractivity contribution in [2.24, 2.45) is 5.73 Å². The summed E-state index contributed by atoms with van der Waals surface area (Å²) in [7, 11) is 0. The molecule has 0 amide bonds. The van der Waals surface area contributed by atoms with Crippen molar-refractivity contribution < 1.29 is 23.0 Å². The third kappa shape index (κ3) is 3.38. The largest absolute Gasteiger partial charge is 0.573 e. The van der Waals surface area contributed by atoms with Gasteiger partial charge in [-0.05, 0) is 22.6 Å². The molecule has 0 saturated carbocycles. The van der Waals surface area contributed by atoms with Crippen LogP contribution in [0.25, 0.3) is 0 Å². The van der Waals surface area contributed by atoms with Crippen LogP contribution in [0.1, 0.15) is 5.69 Å². The first-order chi connectivity index (χ1) is 6.83. The van der Waals surface area contributed by atoms with Crippen molar-refractivity contribution in [2.45, 2.75) is 12.9 Å². The zero-order valence-corrected chi connectivity index (χ0v) is 9.33. The molecule has 0 saturated heterocycles. The van der Waals surface area contributed by atoms with Crippen LogP contribution in [0.5, 0.6) is 11.5 Å². The molecule has 1 rings (SSSR count). The summed E-state index contributed by atoms with van der Waals surface area (Å²) in [5.41, 5.74) is 5.13. The fourth-order valence-electron chi connectivity index (χ4n) is 0.857. The lowest BCUT2D eigenvalue weighted by Crippen LogP contribution is -2.19. The van der Waals surface area contributed by atoms with E-state index < -0.39 is 12.1 Å². The lowest BCUT2D eigenvalue weighted by atomic mass is 10.3. The first-order valence-corrected chi connectivity index (χ1v) is 4.75. The fraction of sp³-hybridized carbons (Fsp3) is 0.286. The zero-order chi connectivity index (χ0) is 11.6. The van der Waals surface area contributed by atoms with E-state index in [1.54, 1.807) is 22.6 Å². The molecular weight excluding hydrogens is 328 g/mol. The minimum absolute atomic E-state index is 0.0606. The average molecular weight is 334 g/mol. The van der Waals surface area contributed by atoms with Crippen molar-refractivity contribution in [1.29, 1.82) is 0 Å². The number of ether oxygens (including phenoxy) is 1. The van der Waals surface area contributed by atoms with Crippen LogP contribution in [0, 0.1) is 3.70 Å². The maximum atomic E-state index is 11.9. The van der Waals surface area contributed by atoms with Crippen molar-refractivity contribution >= 4 is 22.6 Å². The smallest absolute Gasteiger partial charge is 0.505 e. The van der Waals surface area contributed by atoms with Crippen LogP contribution in [0.15, 0.2) is 6.07 Å². The minimum Gasteiger partial charge on any atom is -0.505 e. The quantitative estimate of drug-likeness (QED) is 0.639. The number of rotatable bonds is 2. The molecule has 1 heterocycles. The second-order valence-electron chi connectivity index (χ2n) is 2.50. The number of nitrogens with zero attached hydrogens (tertiary/aromatic N) is 1. The number of hydrogen-bond donors (Lipinski definition) is 2. The number of aromatic nitrogens is 1. The lowest BCUT2D eigenvalue weighted by molar-refractivity contribution is -0.275. The van der Waals surface area contributed by atoms with Gasteiger partial charge in [-0.2, -0.15) is 0 Å².